The number of nitrogens with one attached hydrogen (secondary N) is 1. The Hall–Kier alpha value is -2.85. The van der Waals surface area contributed by atoms with E-state index < -0.39 is 45.5 Å². The fourth-order valence-corrected chi connectivity index (χ4v) is 4.02. The van der Waals surface area contributed by atoms with Gasteiger partial charge in [0.05, 0.1) is 31.4 Å². The summed E-state index contributed by atoms with van der Waals surface area (Å²) in [6.45, 7) is 2.96. The molecule has 1 aromatic carbocycles. The highest BCUT2D eigenvalue weighted by Crippen LogP contribution is 2.36. The van der Waals surface area contributed by atoms with Crippen LogP contribution in [0.1, 0.15) is 25.0 Å². The Morgan fingerprint density at radius 3 is 2.50 bits per heavy atom. The topological polar surface area (TPSA) is 137 Å². The van der Waals surface area contributed by atoms with E-state index in [0.717, 1.165) is 0 Å². The minimum Gasteiger partial charge on any atom is -0.491 e. The maximum absolute atomic E-state index is 13.0. The molecule has 0 saturated carbocycles. The summed E-state index contributed by atoms with van der Waals surface area (Å²) in [6, 6.07) is 4.66. The van der Waals surface area contributed by atoms with Crippen LogP contribution in [0.5, 0.6) is 17.4 Å². The molecule has 1 aromatic heterocycles. The zero-order valence-corrected chi connectivity index (χ0v) is 22.2. The quantitative estimate of drug-likeness (QED) is 0.311. The van der Waals surface area contributed by atoms with Gasteiger partial charge in [-0.3, -0.25) is 0 Å². The average molecular weight is 586 g/mol. The Bertz CT molecular complexity index is 1200. The van der Waals surface area contributed by atoms with Crippen LogP contribution in [0, 0.1) is 0 Å². The number of carbonyl (C=O) groups is 1. The predicted molar refractivity (Wildman–Crippen MR) is 130 cm³/mol. The van der Waals surface area contributed by atoms with E-state index in [1.54, 1.807) is 13.8 Å². The highest BCUT2D eigenvalue weighted by atomic mass is 35.5. The van der Waals surface area contributed by atoms with Crippen molar-refractivity contribution in [1.82, 2.24) is 14.0 Å². The fraction of sp³-hybridized carbons (Fsp3) is 0.455. The third-order valence-electron chi connectivity index (χ3n) is 4.59. The predicted octanol–water partition coefficient (Wildman–Crippen LogP) is 4.31. The van der Waals surface area contributed by atoms with E-state index in [1.165, 1.54) is 25.3 Å². The van der Waals surface area contributed by atoms with Crippen LogP contribution in [-0.4, -0.2) is 68.5 Å². The summed E-state index contributed by atoms with van der Waals surface area (Å²) in [4.78, 5) is 15.4. The lowest BCUT2D eigenvalue weighted by Gasteiger charge is -2.22. The van der Waals surface area contributed by atoms with Gasteiger partial charge >= 0.3 is 22.5 Å². The number of amides is 1. The molecule has 2 aromatic rings. The Kier molecular flexibility index (Phi) is 11.4. The summed E-state index contributed by atoms with van der Waals surface area (Å²) in [7, 11) is -3.07. The normalized spacial score (nSPS) is 12.0. The first-order chi connectivity index (χ1) is 17.7. The van der Waals surface area contributed by atoms with Crippen molar-refractivity contribution in [2.24, 2.45) is 0 Å². The second-order valence-electron chi connectivity index (χ2n) is 7.83. The molecule has 38 heavy (non-hydrogen) atoms. The van der Waals surface area contributed by atoms with E-state index in [-0.39, 0.29) is 53.8 Å². The Morgan fingerprint density at radius 2 is 1.92 bits per heavy atom. The van der Waals surface area contributed by atoms with Crippen LogP contribution in [0.3, 0.4) is 0 Å². The lowest BCUT2D eigenvalue weighted by molar-refractivity contribution is -0.137. The number of carboxylic acid groups (broad SMARTS) is 1. The molecule has 0 fully saturated rings. The lowest BCUT2D eigenvalue weighted by atomic mass is 10.2. The molecule has 0 unspecified atom stereocenters. The van der Waals surface area contributed by atoms with E-state index in [4.69, 9.17) is 30.5 Å². The first-order valence-corrected chi connectivity index (χ1v) is 12.8. The first-order valence-electron chi connectivity index (χ1n) is 11.0. The van der Waals surface area contributed by atoms with Gasteiger partial charge in [-0.05, 0) is 32.0 Å². The summed E-state index contributed by atoms with van der Waals surface area (Å²) in [6.07, 6.45) is -6.14. The van der Waals surface area contributed by atoms with Gasteiger partial charge in [0.15, 0.2) is 0 Å². The molecule has 0 aliphatic carbocycles. The number of aromatic nitrogens is 1. The van der Waals surface area contributed by atoms with Crippen molar-refractivity contribution in [2.45, 2.75) is 32.7 Å². The number of halogens is 4. The monoisotopic (exact) mass is 585 g/mol. The van der Waals surface area contributed by atoms with E-state index in [9.17, 15) is 31.5 Å². The SMILES string of the molecule is COCCOc1ccc(CN(C(=O)O)S(=O)(=O)NCCOC(C)C)c(Oc2ncc(C(F)(F)F)cc2Cl)c1. The van der Waals surface area contributed by atoms with Crippen LogP contribution < -0.4 is 14.2 Å². The van der Waals surface area contributed by atoms with Gasteiger partial charge in [0, 0.05) is 31.5 Å². The molecule has 0 radical (unpaired) electrons. The maximum Gasteiger partial charge on any atom is 0.422 e. The number of rotatable bonds is 14. The van der Waals surface area contributed by atoms with Crippen LogP contribution in [-0.2, 0) is 32.4 Å². The minimum absolute atomic E-state index is 0.00428. The van der Waals surface area contributed by atoms with Crippen molar-refractivity contribution in [3.05, 3.63) is 46.6 Å². The largest absolute Gasteiger partial charge is 0.491 e. The summed E-state index contributed by atoms with van der Waals surface area (Å²) in [5.41, 5.74) is -1.09. The lowest BCUT2D eigenvalue weighted by Crippen LogP contribution is -2.44. The standard InChI is InChI=1S/C22H27ClF3N3O8S/c1-14(2)35-7-6-28-38(32,33)29(21(30)31)13-15-4-5-17(36-9-8-34-3)11-19(15)37-20-18(23)10-16(12-27-20)22(24,25)26/h4-5,10-12,14,28H,6-9,13H2,1-3H3,(H,30,31). The number of ether oxygens (including phenoxy) is 4. The fourth-order valence-electron chi connectivity index (χ4n) is 2.81. The van der Waals surface area contributed by atoms with Crippen molar-refractivity contribution in [3.8, 4) is 17.4 Å². The summed E-state index contributed by atoms with van der Waals surface area (Å²) < 4.78 is 87.8. The molecule has 16 heteroatoms. The van der Waals surface area contributed by atoms with Crippen LogP contribution >= 0.6 is 11.6 Å². The number of methoxy groups -OCH3 is 1. The Labute approximate surface area is 222 Å². The molecule has 2 N–H and O–H groups in total. The van der Waals surface area contributed by atoms with Crippen molar-refractivity contribution < 1.29 is 50.4 Å². The molecular formula is C22H27ClF3N3O8S. The number of alkyl halides is 3. The molecular weight excluding hydrogens is 559 g/mol. The number of pyridine rings is 1. The smallest absolute Gasteiger partial charge is 0.422 e. The molecule has 1 amide bonds. The molecule has 2 rings (SSSR count). The average Bonchev–Trinajstić information content (AvgIpc) is 2.81. The molecule has 0 bridgehead atoms. The molecule has 0 atom stereocenters. The van der Waals surface area contributed by atoms with Gasteiger partial charge in [0.1, 0.15) is 23.1 Å². The molecule has 1 heterocycles. The molecule has 0 saturated heterocycles. The highest BCUT2D eigenvalue weighted by Gasteiger charge is 2.32. The zero-order chi connectivity index (χ0) is 28.5. The first kappa shape index (κ1) is 31.4. The summed E-state index contributed by atoms with van der Waals surface area (Å²) >= 11 is 5.94. The van der Waals surface area contributed by atoms with Crippen LogP contribution in [0.15, 0.2) is 30.5 Å². The third kappa shape index (κ3) is 9.47. The van der Waals surface area contributed by atoms with E-state index in [2.05, 4.69) is 9.71 Å². The van der Waals surface area contributed by atoms with Gasteiger partial charge in [-0.25, -0.2) is 9.78 Å². The zero-order valence-electron chi connectivity index (χ0n) is 20.6. The minimum atomic E-state index is -4.70. The second-order valence-corrected chi connectivity index (χ2v) is 9.92. The third-order valence-corrected chi connectivity index (χ3v) is 6.30. The van der Waals surface area contributed by atoms with Crippen LogP contribution in [0.2, 0.25) is 5.02 Å². The highest BCUT2D eigenvalue weighted by molar-refractivity contribution is 7.87. The molecule has 0 aliphatic heterocycles. The summed E-state index contributed by atoms with van der Waals surface area (Å²) in [5, 5.41) is 9.12. The van der Waals surface area contributed by atoms with Crippen LogP contribution in [0.4, 0.5) is 18.0 Å². The molecule has 212 valence electrons. The van der Waals surface area contributed by atoms with Gasteiger partial charge in [-0.2, -0.15) is 30.6 Å². The Balaban J connectivity index is 2.38. The second kappa shape index (κ2) is 13.8. The van der Waals surface area contributed by atoms with Crippen molar-refractivity contribution in [1.29, 1.82) is 0 Å². The molecule has 0 spiro atoms. The van der Waals surface area contributed by atoms with E-state index in [0.29, 0.717) is 12.3 Å². The number of hydrogen-bond donors (Lipinski definition) is 2. The van der Waals surface area contributed by atoms with E-state index >= 15 is 0 Å². The summed E-state index contributed by atoms with van der Waals surface area (Å²) in [5.74, 6) is -0.361. The molecule has 11 nitrogen and oxygen atoms in total. The number of nitrogens with zero attached hydrogens (tertiary/aromatic N) is 2. The number of hydrogen-bond acceptors (Lipinski definition) is 8. The van der Waals surface area contributed by atoms with Gasteiger partial charge in [0.25, 0.3) is 0 Å². The maximum atomic E-state index is 13.0. The Morgan fingerprint density at radius 1 is 1.21 bits per heavy atom. The van der Waals surface area contributed by atoms with Gasteiger partial charge in [-0.1, -0.05) is 11.6 Å². The van der Waals surface area contributed by atoms with Crippen LogP contribution in [0.25, 0.3) is 0 Å². The molecule has 0 aliphatic rings. The van der Waals surface area contributed by atoms with Gasteiger partial charge in [-0.15, -0.1) is 0 Å². The van der Waals surface area contributed by atoms with Crippen molar-refractivity contribution in [3.63, 3.8) is 0 Å². The van der Waals surface area contributed by atoms with E-state index in [1.807, 2.05) is 0 Å². The van der Waals surface area contributed by atoms with Gasteiger partial charge < -0.3 is 24.1 Å². The number of benzene rings is 1. The van der Waals surface area contributed by atoms with Crippen molar-refractivity contribution in [2.75, 3.05) is 33.5 Å². The van der Waals surface area contributed by atoms with Crippen molar-refractivity contribution >= 4 is 27.9 Å². The van der Waals surface area contributed by atoms with Gasteiger partial charge in [0.2, 0.25) is 5.88 Å².